The molecule has 0 fully saturated rings. The smallest absolute Gasteiger partial charge is 0.241 e. The van der Waals surface area contributed by atoms with Crippen LogP contribution in [0.1, 0.15) is 22.4 Å². The van der Waals surface area contributed by atoms with Gasteiger partial charge in [-0.25, -0.2) is 0 Å². The highest BCUT2D eigenvalue weighted by atomic mass is 16.1. The van der Waals surface area contributed by atoms with Crippen molar-refractivity contribution in [2.75, 3.05) is 0 Å². The van der Waals surface area contributed by atoms with E-state index in [1.165, 1.54) is 17.2 Å². The number of H-pyrrole nitrogens is 1. The van der Waals surface area contributed by atoms with Crippen LogP contribution in [0.15, 0.2) is 18.2 Å². The van der Waals surface area contributed by atoms with Crippen molar-refractivity contribution >= 4 is 22.9 Å². The monoisotopic (exact) mass is 228 g/mol. The fraction of sp³-hybridized carbons (Fsp3) is 0.214. The molecule has 3 N–H and O–H groups in total. The zero-order valence-electron chi connectivity index (χ0n) is 10.3. The Labute approximate surface area is 100 Å². The SMILES string of the molecule is Cc1cc(C)c2c(/C=C/C(N)=O)c(C)[nH]c2c1. The molecule has 0 bridgehead atoms. The first kappa shape index (κ1) is 11.5. The highest BCUT2D eigenvalue weighted by Crippen LogP contribution is 2.27. The zero-order chi connectivity index (χ0) is 12.6. The molecule has 3 nitrogen and oxygen atoms in total. The minimum absolute atomic E-state index is 0.427. The number of primary amides is 1. The molecule has 0 atom stereocenters. The normalized spacial score (nSPS) is 11.5. The first-order valence-electron chi connectivity index (χ1n) is 5.56. The maximum atomic E-state index is 10.8. The topological polar surface area (TPSA) is 58.9 Å². The highest BCUT2D eigenvalue weighted by Gasteiger charge is 2.08. The van der Waals surface area contributed by atoms with E-state index in [-0.39, 0.29) is 0 Å². The van der Waals surface area contributed by atoms with Gasteiger partial charge in [0.05, 0.1) is 0 Å². The summed E-state index contributed by atoms with van der Waals surface area (Å²) in [5, 5.41) is 1.16. The number of amides is 1. The minimum atomic E-state index is -0.427. The number of aryl methyl sites for hydroxylation is 3. The Morgan fingerprint density at radius 1 is 1.29 bits per heavy atom. The number of aromatic amines is 1. The number of fused-ring (bicyclic) bond motifs is 1. The van der Waals surface area contributed by atoms with Gasteiger partial charge in [-0.2, -0.15) is 0 Å². The molecule has 2 aromatic rings. The van der Waals surface area contributed by atoms with Crippen LogP contribution in [0.2, 0.25) is 0 Å². The highest BCUT2D eigenvalue weighted by molar-refractivity contribution is 5.98. The average Bonchev–Trinajstić information content (AvgIpc) is 2.51. The van der Waals surface area contributed by atoms with Crippen LogP contribution in [-0.2, 0) is 4.79 Å². The van der Waals surface area contributed by atoms with Gasteiger partial charge in [-0.15, -0.1) is 0 Å². The van der Waals surface area contributed by atoms with E-state index >= 15 is 0 Å². The maximum Gasteiger partial charge on any atom is 0.241 e. The van der Waals surface area contributed by atoms with Crippen LogP contribution in [-0.4, -0.2) is 10.9 Å². The molecular formula is C14H16N2O. The summed E-state index contributed by atoms with van der Waals surface area (Å²) >= 11 is 0. The van der Waals surface area contributed by atoms with Crippen LogP contribution >= 0.6 is 0 Å². The van der Waals surface area contributed by atoms with E-state index < -0.39 is 5.91 Å². The molecule has 0 unspecified atom stereocenters. The van der Waals surface area contributed by atoms with Crippen molar-refractivity contribution in [3.8, 4) is 0 Å². The summed E-state index contributed by atoms with van der Waals surface area (Å²) in [6, 6.07) is 4.24. The summed E-state index contributed by atoms with van der Waals surface area (Å²) in [6.07, 6.45) is 3.17. The number of carbonyl (C=O) groups excluding carboxylic acids is 1. The van der Waals surface area contributed by atoms with Gasteiger partial charge in [0, 0.05) is 28.2 Å². The lowest BCUT2D eigenvalue weighted by Gasteiger charge is -2.00. The zero-order valence-corrected chi connectivity index (χ0v) is 10.3. The molecule has 1 amide bonds. The van der Waals surface area contributed by atoms with Crippen LogP contribution in [0, 0.1) is 20.8 Å². The number of nitrogens with two attached hydrogens (primary N) is 1. The van der Waals surface area contributed by atoms with Crippen molar-refractivity contribution < 1.29 is 4.79 Å². The second-order valence-electron chi connectivity index (χ2n) is 4.40. The van der Waals surface area contributed by atoms with E-state index in [1.807, 2.05) is 6.92 Å². The Morgan fingerprint density at radius 3 is 2.65 bits per heavy atom. The molecule has 1 aromatic carbocycles. The van der Waals surface area contributed by atoms with Gasteiger partial charge in [-0.1, -0.05) is 6.07 Å². The molecule has 1 heterocycles. The van der Waals surface area contributed by atoms with Gasteiger partial charge in [-0.05, 0) is 44.0 Å². The standard InChI is InChI=1S/C14H16N2O/c1-8-6-9(2)14-11(4-5-13(15)17)10(3)16-12(14)7-8/h4-7,16H,1-3H3,(H2,15,17)/b5-4+. The summed E-state index contributed by atoms with van der Waals surface area (Å²) in [6.45, 7) is 6.14. The molecule has 3 heteroatoms. The van der Waals surface area contributed by atoms with Crippen molar-refractivity contribution in [3.63, 3.8) is 0 Å². The lowest BCUT2D eigenvalue weighted by Crippen LogP contribution is -2.05. The molecule has 88 valence electrons. The van der Waals surface area contributed by atoms with Crippen LogP contribution in [0.4, 0.5) is 0 Å². The number of aromatic nitrogens is 1. The number of rotatable bonds is 2. The molecular weight excluding hydrogens is 212 g/mol. The number of nitrogens with one attached hydrogen (secondary N) is 1. The van der Waals surface area contributed by atoms with Gasteiger partial charge in [0.1, 0.15) is 0 Å². The second kappa shape index (κ2) is 4.09. The third-order valence-electron chi connectivity index (χ3n) is 2.89. The third kappa shape index (κ3) is 2.09. The van der Waals surface area contributed by atoms with Crippen molar-refractivity contribution in [2.24, 2.45) is 5.73 Å². The van der Waals surface area contributed by atoms with Crippen molar-refractivity contribution in [1.29, 1.82) is 0 Å². The second-order valence-corrected chi connectivity index (χ2v) is 4.40. The molecule has 0 saturated heterocycles. The number of hydrogen-bond acceptors (Lipinski definition) is 1. The molecule has 0 spiro atoms. The summed E-state index contributed by atoms with van der Waals surface area (Å²) in [5.74, 6) is -0.427. The van der Waals surface area contributed by atoms with Crippen LogP contribution in [0.25, 0.3) is 17.0 Å². The first-order chi connectivity index (χ1) is 7.99. The Hall–Kier alpha value is -2.03. The summed E-state index contributed by atoms with van der Waals surface area (Å²) in [7, 11) is 0. The van der Waals surface area contributed by atoms with Gasteiger partial charge in [0.15, 0.2) is 0 Å². The number of carbonyl (C=O) groups is 1. The predicted octanol–water partition coefficient (Wildman–Crippen LogP) is 2.59. The van der Waals surface area contributed by atoms with Gasteiger partial charge in [0.2, 0.25) is 5.91 Å². The molecule has 0 aliphatic rings. The fourth-order valence-corrected chi connectivity index (χ4v) is 2.25. The molecule has 2 rings (SSSR count). The summed E-state index contributed by atoms with van der Waals surface area (Å²) < 4.78 is 0. The number of hydrogen-bond donors (Lipinski definition) is 2. The van der Waals surface area contributed by atoms with E-state index in [1.54, 1.807) is 6.08 Å². The first-order valence-corrected chi connectivity index (χ1v) is 5.56. The molecule has 0 radical (unpaired) electrons. The van der Waals surface area contributed by atoms with E-state index in [9.17, 15) is 4.79 Å². The van der Waals surface area contributed by atoms with Crippen LogP contribution in [0.5, 0.6) is 0 Å². The quantitative estimate of drug-likeness (QED) is 0.762. The van der Waals surface area contributed by atoms with Crippen LogP contribution in [0.3, 0.4) is 0 Å². The third-order valence-corrected chi connectivity index (χ3v) is 2.89. The molecule has 0 aliphatic carbocycles. The average molecular weight is 228 g/mol. The lowest BCUT2D eigenvalue weighted by atomic mass is 10.0. The molecule has 17 heavy (non-hydrogen) atoms. The fourth-order valence-electron chi connectivity index (χ4n) is 2.25. The molecule has 1 aromatic heterocycles. The van der Waals surface area contributed by atoms with E-state index in [0.29, 0.717) is 0 Å². The van der Waals surface area contributed by atoms with Crippen molar-refractivity contribution in [2.45, 2.75) is 20.8 Å². The lowest BCUT2D eigenvalue weighted by molar-refractivity contribution is -0.113. The van der Waals surface area contributed by atoms with E-state index in [4.69, 9.17) is 5.73 Å². The predicted molar refractivity (Wildman–Crippen MR) is 70.7 cm³/mol. The van der Waals surface area contributed by atoms with Gasteiger partial charge in [0.25, 0.3) is 0 Å². The van der Waals surface area contributed by atoms with Crippen molar-refractivity contribution in [3.05, 3.63) is 40.6 Å². The van der Waals surface area contributed by atoms with E-state index in [0.717, 1.165) is 22.2 Å². The maximum absolute atomic E-state index is 10.8. The van der Waals surface area contributed by atoms with E-state index in [2.05, 4.69) is 31.0 Å². The Bertz CT molecular complexity index is 621. The van der Waals surface area contributed by atoms with Gasteiger partial charge >= 0.3 is 0 Å². The number of benzene rings is 1. The van der Waals surface area contributed by atoms with Gasteiger partial charge in [-0.3, -0.25) is 4.79 Å². The Kier molecular flexibility index (Phi) is 2.76. The molecule has 0 aliphatic heterocycles. The summed E-state index contributed by atoms with van der Waals surface area (Å²) in [5.41, 5.74) is 10.7. The largest absolute Gasteiger partial charge is 0.366 e. The molecule has 0 saturated carbocycles. The minimum Gasteiger partial charge on any atom is -0.366 e. The Morgan fingerprint density at radius 2 is 2.00 bits per heavy atom. The summed E-state index contributed by atoms with van der Waals surface area (Å²) in [4.78, 5) is 14.1. The van der Waals surface area contributed by atoms with Gasteiger partial charge < -0.3 is 10.7 Å². The van der Waals surface area contributed by atoms with Crippen LogP contribution < -0.4 is 5.73 Å². The van der Waals surface area contributed by atoms with Crippen molar-refractivity contribution in [1.82, 2.24) is 4.98 Å². The Balaban J connectivity index is 2.71.